The Bertz CT molecular complexity index is 364. The van der Waals surface area contributed by atoms with Crippen LogP contribution < -0.4 is 0 Å². The highest BCUT2D eigenvalue weighted by atomic mass is 32.2. The highest BCUT2D eigenvalue weighted by Gasteiger charge is 2.54. The number of carbonyl (C=O) groups excluding carboxylic acids is 1. The fourth-order valence-corrected chi connectivity index (χ4v) is 3.62. The topological polar surface area (TPSA) is 57.6 Å². The van der Waals surface area contributed by atoms with Gasteiger partial charge in [0.25, 0.3) is 0 Å². The molecule has 0 bridgehead atoms. The molecule has 1 amide bonds. The summed E-state index contributed by atoms with van der Waals surface area (Å²) in [7, 11) is 0. The Morgan fingerprint density at radius 3 is 2.67 bits per heavy atom. The minimum atomic E-state index is -0.982. The van der Waals surface area contributed by atoms with E-state index in [1.54, 1.807) is 0 Å². The van der Waals surface area contributed by atoms with Gasteiger partial charge in [0.05, 0.1) is 11.3 Å². The maximum absolute atomic E-state index is 11.7. The first-order valence-corrected chi connectivity index (χ1v) is 5.95. The van der Waals surface area contributed by atoms with Crippen LogP contribution in [0.3, 0.4) is 0 Å². The van der Waals surface area contributed by atoms with Gasteiger partial charge in [0.1, 0.15) is 5.70 Å². The highest BCUT2D eigenvalue weighted by Crippen LogP contribution is 2.50. The highest BCUT2D eigenvalue weighted by molar-refractivity contribution is 8.04. The Kier molecular flexibility index (Phi) is 2.50. The van der Waals surface area contributed by atoms with E-state index in [-0.39, 0.29) is 22.9 Å². The molecule has 2 aliphatic rings. The van der Waals surface area contributed by atoms with Crippen molar-refractivity contribution in [2.24, 2.45) is 5.92 Å². The Morgan fingerprint density at radius 2 is 2.20 bits per heavy atom. The van der Waals surface area contributed by atoms with Crippen LogP contribution in [0.25, 0.3) is 0 Å². The summed E-state index contributed by atoms with van der Waals surface area (Å²) < 4.78 is 0. The zero-order valence-corrected chi connectivity index (χ0v) is 9.50. The SMILES string of the molecule is CCC1=C(C(=O)O)N2C(=O)[C@H](CC)[C@H]2S1. The second-order valence-electron chi connectivity index (χ2n) is 3.66. The number of aliphatic carboxylic acids is 1. The van der Waals surface area contributed by atoms with Crippen molar-refractivity contribution in [2.75, 3.05) is 0 Å². The monoisotopic (exact) mass is 227 g/mol. The van der Waals surface area contributed by atoms with E-state index in [1.165, 1.54) is 16.7 Å². The fraction of sp³-hybridized carbons (Fsp3) is 0.600. The molecule has 0 aromatic rings. The zero-order chi connectivity index (χ0) is 11.2. The van der Waals surface area contributed by atoms with Crippen molar-refractivity contribution in [1.29, 1.82) is 0 Å². The van der Waals surface area contributed by atoms with Crippen molar-refractivity contribution in [3.8, 4) is 0 Å². The van der Waals surface area contributed by atoms with E-state index in [0.29, 0.717) is 6.42 Å². The largest absolute Gasteiger partial charge is 0.477 e. The molecule has 82 valence electrons. The molecule has 1 saturated heterocycles. The maximum Gasteiger partial charge on any atom is 0.353 e. The third kappa shape index (κ3) is 1.29. The minimum Gasteiger partial charge on any atom is -0.477 e. The number of allylic oxidation sites excluding steroid dienone is 1. The van der Waals surface area contributed by atoms with Crippen molar-refractivity contribution < 1.29 is 14.7 Å². The number of amides is 1. The second kappa shape index (κ2) is 3.56. The molecule has 0 spiro atoms. The summed E-state index contributed by atoms with van der Waals surface area (Å²) in [6.45, 7) is 3.88. The summed E-state index contributed by atoms with van der Waals surface area (Å²) in [5.41, 5.74) is 0.210. The Labute approximate surface area is 92.3 Å². The molecule has 15 heavy (non-hydrogen) atoms. The van der Waals surface area contributed by atoms with Gasteiger partial charge in [-0.2, -0.15) is 0 Å². The molecule has 2 rings (SSSR count). The van der Waals surface area contributed by atoms with Crippen LogP contribution in [0, 0.1) is 5.92 Å². The number of hydrogen-bond acceptors (Lipinski definition) is 3. The average molecular weight is 227 g/mol. The number of carboxylic acids is 1. The standard InChI is InChI=1S/C10H13NO3S/c1-3-5-8(12)11-7(10(13)14)6(4-2)15-9(5)11/h5,9H,3-4H2,1-2H3,(H,13,14)/t5-,9+/m0/s1. The van der Waals surface area contributed by atoms with Gasteiger partial charge in [0.2, 0.25) is 5.91 Å². The van der Waals surface area contributed by atoms with Crippen LogP contribution in [0.15, 0.2) is 10.6 Å². The predicted octanol–water partition coefficient (Wildman–Crippen LogP) is 1.63. The van der Waals surface area contributed by atoms with E-state index >= 15 is 0 Å². The Balaban J connectivity index is 2.29. The third-order valence-electron chi connectivity index (χ3n) is 2.88. The molecule has 2 aliphatic heterocycles. The molecule has 0 aromatic carbocycles. The zero-order valence-electron chi connectivity index (χ0n) is 8.69. The maximum atomic E-state index is 11.7. The van der Waals surface area contributed by atoms with Gasteiger partial charge < -0.3 is 5.11 Å². The van der Waals surface area contributed by atoms with Crippen molar-refractivity contribution >= 4 is 23.6 Å². The van der Waals surface area contributed by atoms with Crippen molar-refractivity contribution in [2.45, 2.75) is 32.1 Å². The van der Waals surface area contributed by atoms with Gasteiger partial charge in [-0.1, -0.05) is 13.8 Å². The molecule has 0 radical (unpaired) electrons. The number of rotatable bonds is 3. The summed E-state index contributed by atoms with van der Waals surface area (Å²) in [4.78, 5) is 25.0. The number of β-lactam (4-membered cyclic amide) rings is 1. The molecule has 1 fully saturated rings. The summed E-state index contributed by atoms with van der Waals surface area (Å²) in [6.07, 6.45) is 1.47. The number of nitrogens with zero attached hydrogens (tertiary/aromatic N) is 1. The number of thioether (sulfide) groups is 1. The summed E-state index contributed by atoms with van der Waals surface area (Å²) in [5, 5.41) is 9.09. The molecule has 2 heterocycles. The van der Waals surface area contributed by atoms with E-state index in [2.05, 4.69) is 0 Å². The molecule has 5 heteroatoms. The van der Waals surface area contributed by atoms with Crippen molar-refractivity contribution in [3.05, 3.63) is 10.6 Å². The lowest BCUT2D eigenvalue weighted by molar-refractivity contribution is -0.151. The first-order chi connectivity index (χ1) is 7.11. The van der Waals surface area contributed by atoms with Crippen molar-refractivity contribution in [1.82, 2.24) is 4.90 Å². The van der Waals surface area contributed by atoms with Crippen LogP contribution in [0.1, 0.15) is 26.7 Å². The summed E-state index contributed by atoms with van der Waals surface area (Å²) in [6, 6.07) is 0. The average Bonchev–Trinajstić information content (AvgIpc) is 2.53. The molecular weight excluding hydrogens is 214 g/mol. The third-order valence-corrected chi connectivity index (χ3v) is 4.43. The van der Waals surface area contributed by atoms with Gasteiger partial charge in [-0.15, -0.1) is 11.8 Å². The van der Waals surface area contributed by atoms with E-state index in [4.69, 9.17) is 5.11 Å². The first-order valence-electron chi connectivity index (χ1n) is 5.08. The predicted molar refractivity (Wildman–Crippen MR) is 57.0 cm³/mol. The van der Waals surface area contributed by atoms with Gasteiger partial charge >= 0.3 is 5.97 Å². The minimum absolute atomic E-state index is 0.00778. The van der Waals surface area contributed by atoms with Gasteiger partial charge in [-0.05, 0) is 12.8 Å². The molecule has 0 aromatic heterocycles. The summed E-state index contributed by atoms with van der Waals surface area (Å²) in [5.74, 6) is -1.01. The van der Waals surface area contributed by atoms with E-state index < -0.39 is 5.97 Å². The quantitative estimate of drug-likeness (QED) is 0.744. The second-order valence-corrected chi connectivity index (χ2v) is 4.87. The van der Waals surface area contributed by atoms with Gasteiger partial charge in [-0.25, -0.2) is 4.79 Å². The Hall–Kier alpha value is -0.970. The smallest absolute Gasteiger partial charge is 0.353 e. The molecule has 1 N–H and O–H groups in total. The Morgan fingerprint density at radius 1 is 1.53 bits per heavy atom. The van der Waals surface area contributed by atoms with E-state index in [0.717, 1.165) is 11.3 Å². The lowest BCUT2D eigenvalue weighted by atomic mass is 9.94. The van der Waals surface area contributed by atoms with Gasteiger partial charge in [-0.3, -0.25) is 9.69 Å². The molecule has 0 saturated carbocycles. The summed E-state index contributed by atoms with van der Waals surface area (Å²) >= 11 is 1.54. The lowest BCUT2D eigenvalue weighted by Crippen LogP contribution is -2.56. The molecule has 0 aliphatic carbocycles. The van der Waals surface area contributed by atoms with Gasteiger partial charge in [0, 0.05) is 4.91 Å². The molecule has 4 nitrogen and oxygen atoms in total. The van der Waals surface area contributed by atoms with Crippen LogP contribution in [0.2, 0.25) is 0 Å². The lowest BCUT2D eigenvalue weighted by Gasteiger charge is -2.41. The van der Waals surface area contributed by atoms with Gasteiger partial charge in [0.15, 0.2) is 0 Å². The van der Waals surface area contributed by atoms with Crippen LogP contribution in [0.4, 0.5) is 0 Å². The van der Waals surface area contributed by atoms with Crippen LogP contribution in [-0.2, 0) is 9.59 Å². The van der Waals surface area contributed by atoms with Crippen LogP contribution in [-0.4, -0.2) is 27.3 Å². The normalized spacial score (nSPS) is 29.2. The molecular formula is C10H13NO3S. The van der Waals surface area contributed by atoms with E-state index in [9.17, 15) is 9.59 Å². The molecule has 0 unspecified atom stereocenters. The van der Waals surface area contributed by atoms with Crippen LogP contribution in [0.5, 0.6) is 0 Å². The number of hydrogen-bond donors (Lipinski definition) is 1. The first kappa shape index (κ1) is 10.5. The number of carboxylic acid groups (broad SMARTS) is 1. The van der Waals surface area contributed by atoms with Crippen LogP contribution >= 0.6 is 11.8 Å². The fourth-order valence-electron chi connectivity index (χ4n) is 2.08. The van der Waals surface area contributed by atoms with Crippen molar-refractivity contribution in [3.63, 3.8) is 0 Å². The van der Waals surface area contributed by atoms with E-state index in [1.807, 2.05) is 13.8 Å². The molecule has 2 atom stereocenters. The number of carbonyl (C=O) groups is 2. The number of fused-ring (bicyclic) bond motifs is 1.